The molecule has 0 aromatic carbocycles. The van der Waals surface area contributed by atoms with Crippen molar-refractivity contribution in [2.45, 2.75) is 49.1 Å². The smallest absolute Gasteiger partial charge is 0.330 e. The Labute approximate surface area is 151 Å². The summed E-state index contributed by atoms with van der Waals surface area (Å²) < 4.78 is 34.5. The molecule has 1 aromatic rings. The average Bonchev–Trinajstić information content (AvgIpc) is 3.02. The zero-order valence-corrected chi connectivity index (χ0v) is 15.9. The fourth-order valence-electron chi connectivity index (χ4n) is 4.17. The van der Waals surface area contributed by atoms with Crippen molar-refractivity contribution in [2.75, 3.05) is 7.11 Å². The maximum atomic E-state index is 13.3. The van der Waals surface area contributed by atoms with E-state index in [1.54, 1.807) is 0 Å². The van der Waals surface area contributed by atoms with Crippen molar-refractivity contribution in [3.63, 3.8) is 0 Å². The second-order valence-electron chi connectivity index (χ2n) is 6.97. The van der Waals surface area contributed by atoms with Crippen molar-refractivity contribution >= 4 is 16.0 Å². The molecule has 1 aliphatic heterocycles. The van der Waals surface area contributed by atoms with Crippen LogP contribution in [-0.4, -0.2) is 47.0 Å². The zero-order valence-electron chi connectivity index (χ0n) is 15.0. The molecule has 26 heavy (non-hydrogen) atoms. The van der Waals surface area contributed by atoms with Gasteiger partial charge in [0.1, 0.15) is 6.04 Å². The number of esters is 1. The Morgan fingerprint density at radius 3 is 2.50 bits per heavy atom. The van der Waals surface area contributed by atoms with E-state index in [-0.39, 0.29) is 12.0 Å². The molecule has 3 unspecified atom stereocenters. The first kappa shape index (κ1) is 18.8. The molecule has 0 spiro atoms. The van der Waals surface area contributed by atoms with Gasteiger partial charge in [-0.3, -0.25) is 14.2 Å². The van der Waals surface area contributed by atoms with Crippen LogP contribution in [-0.2, 0) is 33.7 Å². The maximum absolute atomic E-state index is 13.3. The molecular weight excluding hydrogens is 362 g/mol. The minimum Gasteiger partial charge on any atom is -0.468 e. The third-order valence-electron chi connectivity index (χ3n) is 5.47. The minimum absolute atomic E-state index is 0.0685. The number of fused-ring (bicyclic) bond motifs is 1. The van der Waals surface area contributed by atoms with Crippen LogP contribution < -0.4 is 11.2 Å². The van der Waals surface area contributed by atoms with Gasteiger partial charge in [-0.25, -0.2) is 13.2 Å². The van der Waals surface area contributed by atoms with Crippen molar-refractivity contribution < 1.29 is 17.9 Å². The number of rotatable bonds is 3. The molecule has 3 atom stereocenters. The molecule has 1 saturated carbocycles. The number of sulfonamides is 1. The van der Waals surface area contributed by atoms with E-state index >= 15 is 0 Å². The molecule has 3 rings (SSSR count). The van der Waals surface area contributed by atoms with Crippen molar-refractivity contribution in [3.8, 4) is 0 Å². The number of nitrogens with zero attached hydrogens (tertiary/aromatic N) is 3. The lowest BCUT2D eigenvalue weighted by Gasteiger charge is -2.32. The first-order valence-electron chi connectivity index (χ1n) is 8.58. The molecule has 0 radical (unpaired) electrons. The standard InChI is InChI=1S/C16H23N3O6S/c1-17-9-13(14(20)18(2)16(17)22)26(23,24)19-11-7-5-4-6-10(11)8-12(19)15(21)25-3/h9-12H,4-8H2,1-3H3. The van der Waals surface area contributed by atoms with Gasteiger partial charge in [-0.15, -0.1) is 0 Å². The van der Waals surface area contributed by atoms with Gasteiger partial charge in [-0.1, -0.05) is 12.8 Å². The predicted molar refractivity (Wildman–Crippen MR) is 92.1 cm³/mol. The number of carbonyl (C=O) groups is 1. The second kappa shape index (κ2) is 6.66. The highest BCUT2D eigenvalue weighted by Gasteiger charge is 2.52. The molecule has 2 aliphatic rings. The summed E-state index contributed by atoms with van der Waals surface area (Å²) in [5.41, 5.74) is -1.51. The summed E-state index contributed by atoms with van der Waals surface area (Å²) >= 11 is 0. The van der Waals surface area contributed by atoms with Crippen LogP contribution in [0.1, 0.15) is 32.1 Å². The van der Waals surface area contributed by atoms with Crippen molar-refractivity contribution in [2.24, 2.45) is 20.0 Å². The molecule has 0 bridgehead atoms. The highest BCUT2D eigenvalue weighted by atomic mass is 32.2. The predicted octanol–water partition coefficient (Wildman–Crippen LogP) is -0.421. The third kappa shape index (κ3) is 2.81. The Hall–Kier alpha value is -1.94. The van der Waals surface area contributed by atoms with Gasteiger partial charge < -0.3 is 9.30 Å². The number of carbonyl (C=O) groups excluding carboxylic acids is 1. The van der Waals surface area contributed by atoms with Gasteiger partial charge >= 0.3 is 11.7 Å². The van der Waals surface area contributed by atoms with Gasteiger partial charge in [0.2, 0.25) is 0 Å². The summed E-state index contributed by atoms with van der Waals surface area (Å²) in [7, 11) is -0.432. The SMILES string of the molecule is COC(=O)C1CC2CCCCC2N1S(=O)(=O)c1cn(C)c(=O)n(C)c1=O. The Bertz CT molecular complexity index is 948. The van der Waals surface area contributed by atoms with Gasteiger partial charge in [-0.05, 0) is 25.2 Å². The van der Waals surface area contributed by atoms with E-state index in [9.17, 15) is 22.8 Å². The molecule has 1 saturated heterocycles. The van der Waals surface area contributed by atoms with Gasteiger partial charge in [-0.2, -0.15) is 4.31 Å². The lowest BCUT2D eigenvalue weighted by atomic mass is 9.85. The van der Waals surface area contributed by atoms with Crippen molar-refractivity contribution in [3.05, 3.63) is 27.0 Å². The minimum atomic E-state index is -4.27. The molecule has 0 N–H and O–H groups in total. The van der Waals surface area contributed by atoms with Crippen molar-refractivity contribution in [1.29, 1.82) is 0 Å². The molecule has 10 heteroatoms. The van der Waals surface area contributed by atoms with E-state index in [1.807, 2.05) is 0 Å². The summed E-state index contributed by atoms with van der Waals surface area (Å²) in [6.45, 7) is 0. The van der Waals surface area contributed by atoms with Crippen LogP contribution >= 0.6 is 0 Å². The number of ether oxygens (including phenoxy) is 1. The van der Waals surface area contributed by atoms with Crippen LogP contribution in [0.15, 0.2) is 20.7 Å². The normalized spacial score (nSPS) is 26.5. The lowest BCUT2D eigenvalue weighted by Crippen LogP contribution is -2.49. The summed E-state index contributed by atoms with van der Waals surface area (Å²) in [5.74, 6) is -0.552. The van der Waals surface area contributed by atoms with E-state index in [4.69, 9.17) is 4.74 Å². The summed E-state index contributed by atoms with van der Waals surface area (Å²) in [6.07, 6.45) is 4.77. The highest BCUT2D eigenvalue weighted by Crippen LogP contribution is 2.42. The molecule has 1 aliphatic carbocycles. The quantitative estimate of drug-likeness (QED) is 0.654. The Morgan fingerprint density at radius 2 is 1.85 bits per heavy atom. The molecular formula is C16H23N3O6S. The van der Waals surface area contributed by atoms with E-state index in [0.29, 0.717) is 12.8 Å². The fourth-order valence-corrected chi connectivity index (χ4v) is 6.18. The number of hydrogen-bond acceptors (Lipinski definition) is 6. The number of hydrogen-bond donors (Lipinski definition) is 0. The van der Waals surface area contributed by atoms with E-state index in [2.05, 4.69) is 0 Å². The van der Waals surface area contributed by atoms with Crippen LogP contribution in [0.25, 0.3) is 0 Å². The molecule has 1 aromatic heterocycles. The second-order valence-corrected chi connectivity index (χ2v) is 8.78. The zero-order chi connectivity index (χ0) is 19.2. The van der Waals surface area contributed by atoms with Crippen LogP contribution in [0.2, 0.25) is 0 Å². The molecule has 9 nitrogen and oxygen atoms in total. The van der Waals surface area contributed by atoms with Crippen LogP contribution in [0.5, 0.6) is 0 Å². The third-order valence-corrected chi connectivity index (χ3v) is 7.39. The van der Waals surface area contributed by atoms with Gasteiger partial charge in [0.05, 0.1) is 7.11 Å². The summed E-state index contributed by atoms with van der Waals surface area (Å²) in [5, 5.41) is 0. The first-order chi connectivity index (χ1) is 12.2. The van der Waals surface area contributed by atoms with Crippen LogP contribution in [0.4, 0.5) is 0 Å². The van der Waals surface area contributed by atoms with E-state index < -0.39 is 38.2 Å². The Kier molecular flexibility index (Phi) is 4.82. The summed E-state index contributed by atoms with van der Waals surface area (Å²) in [6, 6.07) is -1.28. The van der Waals surface area contributed by atoms with Crippen molar-refractivity contribution in [1.82, 2.24) is 13.4 Å². The number of methoxy groups -OCH3 is 1. The van der Waals surface area contributed by atoms with E-state index in [1.165, 1.54) is 21.2 Å². The highest BCUT2D eigenvalue weighted by molar-refractivity contribution is 7.89. The molecule has 144 valence electrons. The van der Waals surface area contributed by atoms with E-state index in [0.717, 1.165) is 38.9 Å². The number of aromatic nitrogens is 2. The van der Waals surface area contributed by atoms with Gasteiger partial charge in [0.15, 0.2) is 4.90 Å². The Balaban J connectivity index is 2.16. The molecule has 0 amide bonds. The number of aryl methyl sites for hydroxylation is 1. The molecule has 2 fully saturated rings. The van der Waals surface area contributed by atoms with Crippen LogP contribution in [0.3, 0.4) is 0 Å². The molecule has 2 heterocycles. The monoisotopic (exact) mass is 385 g/mol. The fraction of sp³-hybridized carbons (Fsp3) is 0.688. The van der Waals surface area contributed by atoms with Gasteiger partial charge in [0, 0.05) is 26.3 Å². The largest absolute Gasteiger partial charge is 0.468 e. The lowest BCUT2D eigenvalue weighted by molar-refractivity contribution is -0.144. The van der Waals surface area contributed by atoms with Crippen LogP contribution in [0, 0.1) is 5.92 Å². The first-order valence-corrected chi connectivity index (χ1v) is 10.0. The summed E-state index contributed by atoms with van der Waals surface area (Å²) in [4.78, 5) is 36.1. The Morgan fingerprint density at radius 1 is 1.19 bits per heavy atom. The van der Waals surface area contributed by atoms with Gasteiger partial charge in [0.25, 0.3) is 15.6 Å². The average molecular weight is 385 g/mol. The maximum Gasteiger partial charge on any atom is 0.330 e. The topological polar surface area (TPSA) is 108 Å².